The highest BCUT2D eigenvalue weighted by Crippen LogP contribution is 2.29. The summed E-state index contributed by atoms with van der Waals surface area (Å²) in [6.45, 7) is 2.33. The maximum atomic E-state index is 13.5. The first kappa shape index (κ1) is 22.6. The number of morpholine rings is 1. The van der Waals surface area contributed by atoms with Crippen molar-refractivity contribution in [2.75, 3.05) is 44.3 Å². The van der Waals surface area contributed by atoms with E-state index < -0.39 is 28.1 Å². The predicted octanol–water partition coefficient (Wildman–Crippen LogP) is -0.212. The molecule has 2 amide bonds. The van der Waals surface area contributed by atoms with Crippen molar-refractivity contribution in [1.82, 2.24) is 9.62 Å². The highest BCUT2D eigenvalue weighted by atomic mass is 32.2. The number of hydrogen-bond acceptors (Lipinski definition) is 6. The SMILES string of the molecule is CCc1c(N2CCOCC2=O)cccc1S(=O)(=O)N[C@@H](CN)C(=O)N1CC[C@@H](F)C1. The molecule has 0 unspecified atom stereocenters. The van der Waals surface area contributed by atoms with Crippen molar-refractivity contribution >= 4 is 27.5 Å². The summed E-state index contributed by atoms with van der Waals surface area (Å²) in [5.74, 6) is -0.790. The number of anilines is 1. The van der Waals surface area contributed by atoms with E-state index in [2.05, 4.69) is 4.72 Å². The van der Waals surface area contributed by atoms with Gasteiger partial charge in [0.15, 0.2) is 0 Å². The van der Waals surface area contributed by atoms with E-state index in [1.807, 2.05) is 0 Å². The zero-order valence-corrected chi connectivity index (χ0v) is 17.7. The zero-order chi connectivity index (χ0) is 21.9. The second-order valence-electron chi connectivity index (χ2n) is 7.29. The maximum absolute atomic E-state index is 13.5. The fraction of sp³-hybridized carbons (Fsp3) is 0.579. The Kier molecular flexibility index (Phi) is 7.06. The van der Waals surface area contributed by atoms with Gasteiger partial charge in [-0.15, -0.1) is 0 Å². The van der Waals surface area contributed by atoms with E-state index in [-0.39, 0.29) is 43.5 Å². The van der Waals surface area contributed by atoms with Crippen LogP contribution in [-0.2, 0) is 30.8 Å². The lowest BCUT2D eigenvalue weighted by atomic mass is 10.1. The van der Waals surface area contributed by atoms with Gasteiger partial charge in [0.1, 0.15) is 18.8 Å². The minimum atomic E-state index is -4.12. The molecule has 2 atom stereocenters. The number of sulfonamides is 1. The van der Waals surface area contributed by atoms with Crippen LogP contribution in [0.25, 0.3) is 0 Å². The Morgan fingerprint density at radius 1 is 1.40 bits per heavy atom. The van der Waals surface area contributed by atoms with Crippen LogP contribution >= 0.6 is 0 Å². The van der Waals surface area contributed by atoms with E-state index >= 15 is 0 Å². The Bertz CT molecular complexity index is 910. The summed E-state index contributed by atoms with van der Waals surface area (Å²) >= 11 is 0. The lowest BCUT2D eigenvalue weighted by Gasteiger charge is -2.29. The summed E-state index contributed by atoms with van der Waals surface area (Å²) in [4.78, 5) is 27.7. The molecule has 30 heavy (non-hydrogen) atoms. The van der Waals surface area contributed by atoms with Gasteiger partial charge in [0.2, 0.25) is 15.9 Å². The monoisotopic (exact) mass is 442 g/mol. The lowest BCUT2D eigenvalue weighted by Crippen LogP contribution is -2.51. The van der Waals surface area contributed by atoms with Crippen LogP contribution in [-0.4, -0.2) is 76.7 Å². The summed E-state index contributed by atoms with van der Waals surface area (Å²) in [7, 11) is -4.12. The molecule has 0 aliphatic carbocycles. The van der Waals surface area contributed by atoms with E-state index in [0.717, 1.165) is 0 Å². The molecule has 3 N–H and O–H groups in total. The van der Waals surface area contributed by atoms with Gasteiger partial charge < -0.3 is 20.3 Å². The lowest BCUT2D eigenvalue weighted by molar-refractivity contribution is -0.131. The minimum Gasteiger partial charge on any atom is -0.370 e. The van der Waals surface area contributed by atoms with Crippen LogP contribution in [0.5, 0.6) is 0 Å². The molecule has 2 heterocycles. The summed E-state index contributed by atoms with van der Waals surface area (Å²) < 4.78 is 47.3. The van der Waals surface area contributed by atoms with Gasteiger partial charge in [0.25, 0.3) is 5.91 Å². The minimum absolute atomic E-state index is 0.0159. The molecule has 1 aromatic rings. The van der Waals surface area contributed by atoms with Gasteiger partial charge in [0, 0.05) is 25.3 Å². The fourth-order valence-electron chi connectivity index (χ4n) is 3.78. The Morgan fingerprint density at radius 3 is 2.77 bits per heavy atom. The van der Waals surface area contributed by atoms with Crippen molar-refractivity contribution < 1.29 is 27.1 Å². The molecule has 11 heteroatoms. The van der Waals surface area contributed by atoms with Gasteiger partial charge in [-0.1, -0.05) is 13.0 Å². The molecule has 2 aliphatic heterocycles. The predicted molar refractivity (Wildman–Crippen MR) is 108 cm³/mol. The second-order valence-corrected chi connectivity index (χ2v) is 8.97. The van der Waals surface area contributed by atoms with E-state index in [0.29, 0.717) is 30.8 Å². The number of hydrogen-bond donors (Lipinski definition) is 2. The Labute approximate surface area is 175 Å². The van der Waals surface area contributed by atoms with Gasteiger partial charge in [-0.2, -0.15) is 4.72 Å². The average molecular weight is 443 g/mol. The van der Waals surface area contributed by atoms with Crippen LogP contribution in [0.3, 0.4) is 0 Å². The fourth-order valence-corrected chi connectivity index (χ4v) is 5.30. The quantitative estimate of drug-likeness (QED) is 0.603. The molecule has 9 nitrogen and oxygen atoms in total. The van der Waals surface area contributed by atoms with Crippen LogP contribution in [0.1, 0.15) is 18.9 Å². The van der Waals surface area contributed by atoms with Crippen LogP contribution in [0, 0.1) is 0 Å². The summed E-state index contributed by atoms with van der Waals surface area (Å²) in [6.07, 6.45) is -0.530. The van der Waals surface area contributed by atoms with Crippen molar-refractivity contribution in [2.24, 2.45) is 5.73 Å². The molecule has 0 spiro atoms. The first-order valence-electron chi connectivity index (χ1n) is 9.93. The third kappa shape index (κ3) is 4.64. The van der Waals surface area contributed by atoms with Crippen LogP contribution in [0.15, 0.2) is 23.1 Å². The van der Waals surface area contributed by atoms with Crippen molar-refractivity contribution in [2.45, 2.75) is 36.9 Å². The van der Waals surface area contributed by atoms with Gasteiger partial charge >= 0.3 is 0 Å². The number of alkyl halides is 1. The Morgan fingerprint density at radius 2 is 2.17 bits per heavy atom. The number of halogens is 1. The van der Waals surface area contributed by atoms with Crippen molar-refractivity contribution in [3.05, 3.63) is 23.8 Å². The molecule has 3 rings (SSSR count). The molecule has 0 radical (unpaired) electrons. The standard InChI is InChI=1S/C19H27FN4O5S/c1-2-14-16(24-8-9-29-12-18(24)25)4-3-5-17(14)30(27,28)22-15(10-21)19(26)23-7-6-13(20)11-23/h3-5,13,15,22H,2,6-12,21H2,1H3/t13-,15+/m1/s1. The van der Waals surface area contributed by atoms with Gasteiger partial charge in [-0.3, -0.25) is 9.59 Å². The molecule has 0 saturated carbocycles. The van der Waals surface area contributed by atoms with Crippen LogP contribution < -0.4 is 15.4 Å². The number of nitrogens with zero attached hydrogens (tertiary/aromatic N) is 2. The number of benzene rings is 1. The first-order chi connectivity index (χ1) is 14.3. The number of nitrogens with one attached hydrogen (secondary N) is 1. The van der Waals surface area contributed by atoms with Gasteiger partial charge in [-0.25, -0.2) is 12.8 Å². The number of ether oxygens (including phenoxy) is 1. The van der Waals surface area contributed by atoms with Crippen molar-refractivity contribution in [3.8, 4) is 0 Å². The Balaban J connectivity index is 1.88. The Hall–Kier alpha value is -2.08. The zero-order valence-electron chi connectivity index (χ0n) is 16.8. The maximum Gasteiger partial charge on any atom is 0.253 e. The van der Waals surface area contributed by atoms with Gasteiger partial charge in [-0.05, 0) is 30.5 Å². The van der Waals surface area contributed by atoms with Crippen molar-refractivity contribution in [1.29, 1.82) is 0 Å². The molecule has 2 aliphatic rings. The molecular weight excluding hydrogens is 415 g/mol. The van der Waals surface area contributed by atoms with Gasteiger partial charge in [0.05, 0.1) is 18.0 Å². The van der Waals surface area contributed by atoms with Crippen LogP contribution in [0.2, 0.25) is 0 Å². The molecule has 1 aromatic carbocycles. The van der Waals surface area contributed by atoms with E-state index in [4.69, 9.17) is 10.5 Å². The largest absolute Gasteiger partial charge is 0.370 e. The first-order valence-corrected chi connectivity index (χ1v) is 11.4. The molecule has 0 aromatic heterocycles. The normalized spacial score (nSPS) is 21.2. The number of nitrogens with two attached hydrogens (primary N) is 1. The second kappa shape index (κ2) is 9.38. The number of carbonyl (C=O) groups excluding carboxylic acids is 2. The third-order valence-corrected chi connectivity index (χ3v) is 6.86. The number of likely N-dealkylation sites (tertiary alicyclic amines) is 1. The number of carbonyl (C=O) groups is 2. The molecule has 0 bridgehead atoms. The van der Waals surface area contributed by atoms with E-state index in [9.17, 15) is 22.4 Å². The smallest absolute Gasteiger partial charge is 0.253 e. The molecule has 166 valence electrons. The topological polar surface area (TPSA) is 122 Å². The average Bonchev–Trinajstić information content (AvgIpc) is 3.17. The highest BCUT2D eigenvalue weighted by Gasteiger charge is 2.34. The van der Waals surface area contributed by atoms with Crippen molar-refractivity contribution in [3.63, 3.8) is 0 Å². The molecule has 2 fully saturated rings. The summed E-state index contributed by atoms with van der Waals surface area (Å²) in [5.41, 5.74) is 6.63. The number of rotatable bonds is 7. The molecular formula is C19H27FN4O5S. The highest BCUT2D eigenvalue weighted by molar-refractivity contribution is 7.89. The van der Waals surface area contributed by atoms with E-state index in [1.54, 1.807) is 19.1 Å². The third-order valence-electron chi connectivity index (χ3n) is 5.30. The summed E-state index contributed by atoms with van der Waals surface area (Å²) in [6, 6.07) is 3.48. The van der Waals surface area contributed by atoms with E-state index in [1.165, 1.54) is 15.9 Å². The molecule has 2 saturated heterocycles. The summed E-state index contributed by atoms with van der Waals surface area (Å²) in [5, 5.41) is 0. The van der Waals surface area contributed by atoms with Crippen LogP contribution in [0.4, 0.5) is 10.1 Å². The number of amides is 2.